The van der Waals surface area contributed by atoms with Crippen LogP contribution in [0.25, 0.3) is 11.2 Å². The molecule has 2 aromatic heterocycles. The molecule has 2 aromatic rings. The van der Waals surface area contributed by atoms with Crippen molar-refractivity contribution >= 4 is 22.9 Å². The molecule has 0 aliphatic heterocycles. The number of nitrogen functional groups attached to an aromatic ring is 2. The Bertz CT molecular complexity index is 646. The number of hydrogen-bond donors (Lipinski definition) is 2. The van der Waals surface area contributed by atoms with E-state index in [2.05, 4.69) is 15.0 Å². The predicted octanol–water partition coefficient (Wildman–Crippen LogP) is 1.18. The van der Waals surface area contributed by atoms with Gasteiger partial charge in [0.2, 0.25) is 5.95 Å². The molecular weight excluding hydrogens is 312 g/mol. The summed E-state index contributed by atoms with van der Waals surface area (Å²) in [7, 11) is 0. The molecule has 0 saturated heterocycles. The molecule has 0 unspecified atom stereocenters. The molecular formula is C15H26N6O3. The number of nitrogens with two attached hydrogens (primary N) is 2. The maximum Gasteiger partial charge on any atom is 0.224 e. The molecule has 4 N–H and O–H groups in total. The molecule has 2 heterocycles. The number of hydrogen-bond acceptors (Lipinski definition) is 8. The summed E-state index contributed by atoms with van der Waals surface area (Å²) in [6.07, 6.45) is 1.63. The van der Waals surface area contributed by atoms with Gasteiger partial charge in [0.05, 0.1) is 31.7 Å². The highest BCUT2D eigenvalue weighted by Crippen LogP contribution is 2.18. The summed E-state index contributed by atoms with van der Waals surface area (Å²) >= 11 is 0. The molecule has 0 saturated carbocycles. The third-order valence-electron chi connectivity index (χ3n) is 3.20. The minimum atomic E-state index is -0.205. The number of nitrogens with zero attached hydrogens (tertiary/aromatic N) is 4. The summed E-state index contributed by atoms with van der Waals surface area (Å²) in [5.74, 6) is 0.367. The molecule has 2 rings (SSSR count). The van der Waals surface area contributed by atoms with Crippen LogP contribution >= 0.6 is 0 Å². The van der Waals surface area contributed by atoms with Crippen LogP contribution in [0.1, 0.15) is 27.7 Å². The third-order valence-corrected chi connectivity index (χ3v) is 3.20. The fraction of sp³-hybridized carbons (Fsp3) is 0.667. The Hall–Kier alpha value is -1.97. The lowest BCUT2D eigenvalue weighted by Crippen LogP contribution is -2.29. The third kappa shape index (κ3) is 5.02. The molecule has 0 spiro atoms. The Morgan fingerprint density at radius 2 is 1.62 bits per heavy atom. The summed E-state index contributed by atoms with van der Waals surface area (Å²) < 4.78 is 18.9. The van der Waals surface area contributed by atoms with E-state index in [0.717, 1.165) is 0 Å². The minimum absolute atomic E-state index is 0.0970. The van der Waals surface area contributed by atoms with Crippen LogP contribution in [-0.2, 0) is 20.9 Å². The Morgan fingerprint density at radius 3 is 2.21 bits per heavy atom. The van der Waals surface area contributed by atoms with Crippen LogP contribution < -0.4 is 11.5 Å². The molecule has 0 aliphatic rings. The first-order valence-corrected chi connectivity index (χ1v) is 7.95. The maximum absolute atomic E-state index is 5.91. The van der Waals surface area contributed by atoms with Crippen molar-refractivity contribution in [2.24, 2.45) is 0 Å². The van der Waals surface area contributed by atoms with Crippen molar-refractivity contribution in [1.29, 1.82) is 0 Å². The van der Waals surface area contributed by atoms with Crippen molar-refractivity contribution in [3.8, 4) is 0 Å². The van der Waals surface area contributed by atoms with E-state index < -0.39 is 0 Å². The van der Waals surface area contributed by atoms with Crippen LogP contribution in [-0.4, -0.2) is 51.0 Å². The lowest BCUT2D eigenvalue weighted by Gasteiger charge is -2.21. The second-order valence-electron chi connectivity index (χ2n) is 6.04. The first kappa shape index (κ1) is 18.4. The van der Waals surface area contributed by atoms with Crippen LogP contribution in [0.2, 0.25) is 0 Å². The van der Waals surface area contributed by atoms with Crippen molar-refractivity contribution in [2.75, 3.05) is 24.7 Å². The van der Waals surface area contributed by atoms with Gasteiger partial charge in [0.25, 0.3) is 0 Å². The summed E-state index contributed by atoms with van der Waals surface area (Å²) in [4.78, 5) is 12.2. The van der Waals surface area contributed by atoms with E-state index in [4.69, 9.17) is 25.7 Å². The van der Waals surface area contributed by atoms with E-state index in [-0.39, 0.29) is 36.8 Å². The van der Waals surface area contributed by atoms with Crippen molar-refractivity contribution in [3.63, 3.8) is 0 Å². The number of fused-ring (bicyclic) bond motifs is 1. The second kappa shape index (κ2) is 8.22. The second-order valence-corrected chi connectivity index (χ2v) is 6.04. The lowest BCUT2D eigenvalue weighted by molar-refractivity contribution is -0.0987. The smallest absolute Gasteiger partial charge is 0.224 e. The predicted molar refractivity (Wildman–Crippen MR) is 91.2 cm³/mol. The van der Waals surface area contributed by atoms with Crippen molar-refractivity contribution < 1.29 is 14.2 Å². The fourth-order valence-electron chi connectivity index (χ4n) is 2.05. The molecule has 0 aromatic carbocycles. The lowest BCUT2D eigenvalue weighted by atomic mass is 10.3. The van der Waals surface area contributed by atoms with Gasteiger partial charge in [-0.2, -0.15) is 9.97 Å². The van der Waals surface area contributed by atoms with Gasteiger partial charge in [0, 0.05) is 0 Å². The van der Waals surface area contributed by atoms with Gasteiger partial charge in [-0.05, 0) is 27.7 Å². The summed E-state index contributed by atoms with van der Waals surface area (Å²) in [5.41, 5.74) is 12.5. The molecule has 0 atom stereocenters. The molecule has 9 heteroatoms. The average molecular weight is 338 g/mol. The summed E-state index contributed by atoms with van der Waals surface area (Å²) in [6.45, 7) is 9.03. The zero-order valence-corrected chi connectivity index (χ0v) is 14.6. The van der Waals surface area contributed by atoms with Crippen LogP contribution in [0.4, 0.5) is 11.8 Å². The maximum atomic E-state index is 5.91. The highest BCUT2D eigenvalue weighted by molar-refractivity contribution is 5.82. The quantitative estimate of drug-likeness (QED) is 0.698. The Labute approximate surface area is 141 Å². The number of imidazole rings is 1. The van der Waals surface area contributed by atoms with E-state index in [1.165, 1.54) is 0 Å². The first-order chi connectivity index (χ1) is 11.4. The van der Waals surface area contributed by atoms with Crippen LogP contribution in [0.5, 0.6) is 0 Å². The van der Waals surface area contributed by atoms with Crippen molar-refractivity contribution in [3.05, 3.63) is 6.33 Å². The van der Waals surface area contributed by atoms with Gasteiger partial charge in [0.1, 0.15) is 18.4 Å². The number of aromatic nitrogens is 4. The zero-order chi connectivity index (χ0) is 17.7. The molecule has 0 radical (unpaired) electrons. The summed E-state index contributed by atoms with van der Waals surface area (Å²) in [6, 6.07) is 0. The Kier molecular flexibility index (Phi) is 6.29. The monoisotopic (exact) mass is 338 g/mol. The van der Waals surface area contributed by atoms with Gasteiger partial charge in [-0.1, -0.05) is 0 Å². The van der Waals surface area contributed by atoms with E-state index in [9.17, 15) is 0 Å². The topological polar surface area (TPSA) is 123 Å². The Morgan fingerprint density at radius 1 is 1.00 bits per heavy atom. The number of rotatable bonds is 9. The highest BCUT2D eigenvalue weighted by atomic mass is 16.6. The van der Waals surface area contributed by atoms with Gasteiger partial charge < -0.3 is 30.2 Å². The zero-order valence-electron chi connectivity index (χ0n) is 14.6. The highest BCUT2D eigenvalue weighted by Gasteiger charge is 2.15. The molecule has 0 bridgehead atoms. The van der Waals surface area contributed by atoms with Crippen LogP contribution in [0.15, 0.2) is 6.33 Å². The molecule has 24 heavy (non-hydrogen) atoms. The van der Waals surface area contributed by atoms with E-state index in [1.807, 2.05) is 27.7 Å². The van der Waals surface area contributed by atoms with Gasteiger partial charge in [0.15, 0.2) is 11.5 Å². The van der Waals surface area contributed by atoms with Crippen LogP contribution in [0, 0.1) is 0 Å². The molecule has 134 valence electrons. The molecule has 0 amide bonds. The van der Waals surface area contributed by atoms with Gasteiger partial charge in [-0.3, -0.25) is 0 Å². The minimum Gasteiger partial charge on any atom is -0.382 e. The van der Waals surface area contributed by atoms with Crippen molar-refractivity contribution in [1.82, 2.24) is 19.5 Å². The van der Waals surface area contributed by atoms with Gasteiger partial charge >= 0.3 is 0 Å². The number of ether oxygens (including phenoxy) is 3. The van der Waals surface area contributed by atoms with Gasteiger partial charge in [-0.15, -0.1) is 0 Å². The summed E-state index contributed by atoms with van der Waals surface area (Å²) in [5, 5.41) is 0. The normalized spacial score (nSPS) is 12.1. The average Bonchev–Trinajstić information content (AvgIpc) is 2.89. The largest absolute Gasteiger partial charge is 0.382 e. The molecule has 0 aliphatic carbocycles. The van der Waals surface area contributed by atoms with E-state index in [0.29, 0.717) is 24.4 Å². The fourth-order valence-corrected chi connectivity index (χ4v) is 2.05. The van der Waals surface area contributed by atoms with Crippen molar-refractivity contribution in [2.45, 2.75) is 52.7 Å². The molecule has 9 nitrogen and oxygen atoms in total. The number of anilines is 2. The van der Waals surface area contributed by atoms with E-state index >= 15 is 0 Å². The standard InChI is InChI=1S/C15H26N6O3/c1-9(2)22-5-11(6-23-10(3)4)24-8-21-7-18-14-12(21)13(16)19-15(17)20-14/h7,9-11H,5-6,8H2,1-4H3,(H4,16,17,19,20). The Balaban J connectivity index is 2.04. The van der Waals surface area contributed by atoms with E-state index in [1.54, 1.807) is 10.9 Å². The SMILES string of the molecule is CC(C)OCC(COC(C)C)OCn1cnc2nc(N)nc(N)c21. The first-order valence-electron chi connectivity index (χ1n) is 7.95. The van der Waals surface area contributed by atoms with Crippen LogP contribution in [0.3, 0.4) is 0 Å². The molecule has 0 fully saturated rings. The van der Waals surface area contributed by atoms with Gasteiger partial charge in [-0.25, -0.2) is 4.98 Å².